The topological polar surface area (TPSA) is 32.6 Å². The lowest BCUT2D eigenvalue weighted by Gasteiger charge is -1.96. The lowest BCUT2D eigenvalue weighted by atomic mass is 10.2. The van der Waals surface area contributed by atoms with Gasteiger partial charge in [0.05, 0.1) is 6.21 Å². The lowest BCUT2D eigenvalue weighted by molar-refractivity contribution is 0.321. The van der Waals surface area contributed by atoms with Crippen LogP contribution < -0.4 is 0 Å². The summed E-state index contributed by atoms with van der Waals surface area (Å²) in [4.78, 5) is 0. The molecule has 0 unspecified atom stereocenters. The second-order valence-corrected chi connectivity index (χ2v) is 2.04. The summed E-state index contributed by atoms with van der Waals surface area (Å²) in [6, 6.07) is 1.13. The van der Waals surface area contributed by atoms with E-state index >= 15 is 0 Å². The fraction of sp³-hybridized carbons (Fsp3) is 0. The fourth-order valence-electron chi connectivity index (χ4n) is 0.732. The predicted octanol–water partition coefficient (Wildman–Crippen LogP) is 1.91. The van der Waals surface area contributed by atoms with Crippen LogP contribution in [0, 0.1) is 17.5 Å². The molecule has 5 heteroatoms. The molecule has 1 aromatic rings. The van der Waals surface area contributed by atoms with E-state index in [1.165, 1.54) is 0 Å². The van der Waals surface area contributed by atoms with Gasteiger partial charge in [0.1, 0.15) is 5.82 Å². The van der Waals surface area contributed by atoms with E-state index in [9.17, 15) is 13.2 Å². The minimum Gasteiger partial charge on any atom is -0.411 e. The molecule has 1 rings (SSSR count). The summed E-state index contributed by atoms with van der Waals surface area (Å²) in [7, 11) is 0. The highest BCUT2D eigenvalue weighted by molar-refractivity contribution is 5.79. The summed E-state index contributed by atoms with van der Waals surface area (Å²) in [5.41, 5.74) is -0.435. The minimum atomic E-state index is -1.31. The number of halogens is 3. The van der Waals surface area contributed by atoms with Crippen LogP contribution in [0.5, 0.6) is 0 Å². The molecule has 0 aliphatic rings. The van der Waals surface area contributed by atoms with E-state index < -0.39 is 23.0 Å². The average molecular weight is 175 g/mol. The normalized spacial score (nSPS) is 10.9. The fourth-order valence-corrected chi connectivity index (χ4v) is 0.732. The van der Waals surface area contributed by atoms with Crippen LogP contribution in [0.15, 0.2) is 17.3 Å². The van der Waals surface area contributed by atoms with E-state index in [-0.39, 0.29) is 0 Å². The molecule has 0 amide bonds. The molecule has 0 spiro atoms. The molecular formula is C7H4F3NO. The molecule has 0 heterocycles. The Kier molecular flexibility index (Phi) is 2.32. The summed E-state index contributed by atoms with van der Waals surface area (Å²) < 4.78 is 37.4. The molecule has 0 saturated heterocycles. The first-order valence-electron chi connectivity index (χ1n) is 2.97. The Morgan fingerprint density at radius 1 is 1.25 bits per heavy atom. The van der Waals surface area contributed by atoms with E-state index in [1.807, 2.05) is 0 Å². The molecule has 0 atom stereocenters. The third-order valence-electron chi connectivity index (χ3n) is 1.22. The van der Waals surface area contributed by atoms with Gasteiger partial charge in [-0.3, -0.25) is 0 Å². The summed E-state index contributed by atoms with van der Waals surface area (Å²) in [6.07, 6.45) is 0.613. The number of hydrogen-bond acceptors (Lipinski definition) is 2. The first kappa shape index (κ1) is 8.58. The Morgan fingerprint density at radius 2 is 1.92 bits per heavy atom. The molecule has 0 radical (unpaired) electrons. The molecule has 0 aromatic heterocycles. The number of oxime groups is 1. The quantitative estimate of drug-likeness (QED) is 0.300. The van der Waals surface area contributed by atoms with Crippen LogP contribution in [0.4, 0.5) is 13.2 Å². The van der Waals surface area contributed by atoms with Gasteiger partial charge in [0.15, 0.2) is 11.6 Å². The highest BCUT2D eigenvalue weighted by Crippen LogP contribution is 2.12. The van der Waals surface area contributed by atoms with Gasteiger partial charge >= 0.3 is 0 Å². The molecule has 0 aliphatic heterocycles. The molecular weight excluding hydrogens is 171 g/mol. The van der Waals surface area contributed by atoms with Crippen molar-refractivity contribution in [1.82, 2.24) is 0 Å². The van der Waals surface area contributed by atoms with Gasteiger partial charge in [0.25, 0.3) is 0 Å². The van der Waals surface area contributed by atoms with Crippen molar-refractivity contribution in [2.75, 3.05) is 0 Å². The van der Waals surface area contributed by atoms with Crippen molar-refractivity contribution in [3.05, 3.63) is 35.1 Å². The van der Waals surface area contributed by atoms with Crippen LogP contribution in [0.2, 0.25) is 0 Å². The predicted molar refractivity (Wildman–Crippen MR) is 35.7 cm³/mol. The summed E-state index contributed by atoms with van der Waals surface area (Å²) >= 11 is 0. The Hall–Kier alpha value is -1.52. The zero-order chi connectivity index (χ0) is 9.14. The van der Waals surface area contributed by atoms with Gasteiger partial charge in [0, 0.05) is 11.6 Å². The number of hydrogen-bond donors (Lipinski definition) is 1. The standard InChI is InChI=1S/C7H4F3NO/c8-5-1-4(3-11-12)7(10)6(9)2-5/h1-3,12H/b11-3-. The maximum Gasteiger partial charge on any atom is 0.167 e. The SMILES string of the molecule is O/N=C\c1cc(F)cc(F)c1F. The van der Waals surface area contributed by atoms with E-state index in [2.05, 4.69) is 5.16 Å². The van der Waals surface area contributed by atoms with E-state index in [1.54, 1.807) is 0 Å². The molecule has 0 fully saturated rings. The average Bonchev–Trinajstić information content (AvgIpc) is 2.00. The highest BCUT2D eigenvalue weighted by Gasteiger charge is 2.08. The monoisotopic (exact) mass is 175 g/mol. The van der Waals surface area contributed by atoms with Gasteiger partial charge in [-0.05, 0) is 6.07 Å². The van der Waals surface area contributed by atoms with Crippen molar-refractivity contribution in [2.45, 2.75) is 0 Å². The van der Waals surface area contributed by atoms with Crippen LogP contribution >= 0.6 is 0 Å². The zero-order valence-corrected chi connectivity index (χ0v) is 5.76. The molecule has 1 aromatic carbocycles. The van der Waals surface area contributed by atoms with Crippen molar-refractivity contribution >= 4 is 6.21 Å². The van der Waals surface area contributed by atoms with Crippen molar-refractivity contribution in [1.29, 1.82) is 0 Å². The van der Waals surface area contributed by atoms with E-state index in [0.717, 1.165) is 6.07 Å². The van der Waals surface area contributed by atoms with E-state index in [0.29, 0.717) is 12.3 Å². The van der Waals surface area contributed by atoms with Crippen LogP contribution in [0.1, 0.15) is 5.56 Å². The van der Waals surface area contributed by atoms with Crippen molar-refractivity contribution in [3.8, 4) is 0 Å². The van der Waals surface area contributed by atoms with Crippen LogP contribution in [-0.2, 0) is 0 Å². The zero-order valence-electron chi connectivity index (χ0n) is 5.76. The Morgan fingerprint density at radius 3 is 2.50 bits per heavy atom. The minimum absolute atomic E-state index is 0.407. The van der Waals surface area contributed by atoms with Crippen molar-refractivity contribution in [2.24, 2.45) is 5.16 Å². The maximum atomic E-state index is 12.6. The molecule has 0 bridgehead atoms. The first-order chi connectivity index (χ1) is 5.65. The third kappa shape index (κ3) is 1.55. The van der Waals surface area contributed by atoms with E-state index in [4.69, 9.17) is 5.21 Å². The number of nitrogens with zero attached hydrogens (tertiary/aromatic N) is 1. The van der Waals surface area contributed by atoms with Crippen molar-refractivity contribution < 1.29 is 18.4 Å². The van der Waals surface area contributed by atoms with Crippen LogP contribution in [0.25, 0.3) is 0 Å². The Balaban J connectivity index is 3.27. The highest BCUT2D eigenvalue weighted by atomic mass is 19.2. The Labute approximate surface area is 65.9 Å². The molecule has 64 valence electrons. The largest absolute Gasteiger partial charge is 0.411 e. The summed E-state index contributed by atoms with van der Waals surface area (Å²) in [5.74, 6) is -3.48. The smallest absolute Gasteiger partial charge is 0.167 e. The van der Waals surface area contributed by atoms with Gasteiger partial charge in [-0.2, -0.15) is 0 Å². The van der Waals surface area contributed by atoms with Gasteiger partial charge in [-0.25, -0.2) is 13.2 Å². The summed E-state index contributed by atoms with van der Waals surface area (Å²) in [6.45, 7) is 0. The second-order valence-electron chi connectivity index (χ2n) is 2.04. The number of rotatable bonds is 1. The van der Waals surface area contributed by atoms with Crippen LogP contribution in [0.3, 0.4) is 0 Å². The van der Waals surface area contributed by atoms with Gasteiger partial charge in [0.2, 0.25) is 0 Å². The Bertz CT molecular complexity index is 325. The first-order valence-corrected chi connectivity index (χ1v) is 2.97. The van der Waals surface area contributed by atoms with Gasteiger partial charge in [-0.1, -0.05) is 5.16 Å². The number of benzene rings is 1. The molecule has 2 nitrogen and oxygen atoms in total. The maximum absolute atomic E-state index is 12.6. The third-order valence-corrected chi connectivity index (χ3v) is 1.22. The second kappa shape index (κ2) is 3.25. The summed E-state index contributed by atoms with van der Waals surface area (Å²) in [5, 5.41) is 10.4. The van der Waals surface area contributed by atoms with Gasteiger partial charge in [-0.15, -0.1) is 0 Å². The van der Waals surface area contributed by atoms with Gasteiger partial charge < -0.3 is 5.21 Å². The lowest BCUT2D eigenvalue weighted by Crippen LogP contribution is -1.94. The molecule has 0 saturated carbocycles. The molecule has 0 aliphatic carbocycles. The molecule has 12 heavy (non-hydrogen) atoms. The van der Waals surface area contributed by atoms with Crippen LogP contribution in [-0.4, -0.2) is 11.4 Å². The van der Waals surface area contributed by atoms with Crippen molar-refractivity contribution in [3.63, 3.8) is 0 Å². The molecule has 1 N–H and O–H groups in total.